The van der Waals surface area contributed by atoms with Gasteiger partial charge in [-0.2, -0.15) is 0 Å². The Kier molecular flexibility index (Phi) is 6.22. The van der Waals surface area contributed by atoms with Crippen LogP contribution in [0.2, 0.25) is 0 Å². The molecule has 0 fully saturated rings. The van der Waals surface area contributed by atoms with E-state index in [4.69, 9.17) is 0 Å². The Morgan fingerprint density at radius 3 is 2.22 bits per heavy atom. The molecule has 0 aromatic heterocycles. The molecule has 0 amide bonds. The van der Waals surface area contributed by atoms with E-state index in [9.17, 15) is 8.78 Å². The van der Waals surface area contributed by atoms with Gasteiger partial charge in [-0.3, -0.25) is 0 Å². The van der Waals surface area contributed by atoms with Crippen LogP contribution in [-0.4, -0.2) is 43.0 Å². The van der Waals surface area contributed by atoms with E-state index in [1.54, 1.807) is 6.07 Å². The second-order valence-corrected chi connectivity index (χ2v) is 4.51. The Bertz CT molecular complexity index is 365. The SMILES string of the molecule is CCN(CC)CCN(C)Cc1ccc(F)c(F)c1. The highest BCUT2D eigenvalue weighted by Crippen LogP contribution is 2.10. The quantitative estimate of drug-likeness (QED) is 0.740. The van der Waals surface area contributed by atoms with Crippen molar-refractivity contribution in [3.05, 3.63) is 35.4 Å². The van der Waals surface area contributed by atoms with Crippen molar-refractivity contribution in [2.45, 2.75) is 20.4 Å². The molecule has 0 unspecified atom stereocenters. The van der Waals surface area contributed by atoms with E-state index in [0.717, 1.165) is 31.7 Å². The van der Waals surface area contributed by atoms with Crippen LogP contribution in [0.1, 0.15) is 19.4 Å². The second kappa shape index (κ2) is 7.44. The standard InChI is InChI=1S/C14H22F2N2/c1-4-18(5-2)9-8-17(3)11-12-6-7-13(15)14(16)10-12/h6-7,10H,4-5,8-9,11H2,1-3H3. The molecular formula is C14H22F2N2. The van der Waals surface area contributed by atoms with E-state index in [1.165, 1.54) is 12.1 Å². The molecule has 0 aliphatic heterocycles. The van der Waals surface area contributed by atoms with Crippen molar-refractivity contribution in [1.82, 2.24) is 9.80 Å². The van der Waals surface area contributed by atoms with Gasteiger partial charge in [0.05, 0.1) is 0 Å². The molecule has 0 bridgehead atoms. The van der Waals surface area contributed by atoms with E-state index in [-0.39, 0.29) is 0 Å². The van der Waals surface area contributed by atoms with E-state index in [2.05, 4.69) is 23.6 Å². The fourth-order valence-electron chi connectivity index (χ4n) is 1.88. The summed E-state index contributed by atoms with van der Waals surface area (Å²) in [7, 11) is 1.99. The minimum Gasteiger partial charge on any atom is -0.303 e. The first-order valence-electron chi connectivity index (χ1n) is 6.41. The third-order valence-electron chi connectivity index (χ3n) is 3.13. The number of likely N-dealkylation sites (N-methyl/N-ethyl adjacent to an activating group) is 2. The smallest absolute Gasteiger partial charge is 0.159 e. The lowest BCUT2D eigenvalue weighted by atomic mass is 10.2. The number of benzene rings is 1. The maximum absolute atomic E-state index is 13.1. The summed E-state index contributed by atoms with van der Waals surface area (Å²) in [4.78, 5) is 4.45. The Balaban J connectivity index is 2.44. The molecule has 4 heteroatoms. The van der Waals surface area contributed by atoms with Gasteiger partial charge in [-0.25, -0.2) is 8.78 Å². The minimum atomic E-state index is -0.787. The van der Waals surface area contributed by atoms with Gasteiger partial charge in [-0.15, -0.1) is 0 Å². The molecule has 0 spiro atoms. The van der Waals surface area contributed by atoms with Crippen molar-refractivity contribution in [2.24, 2.45) is 0 Å². The average molecular weight is 256 g/mol. The number of hydrogen-bond donors (Lipinski definition) is 0. The fraction of sp³-hybridized carbons (Fsp3) is 0.571. The maximum Gasteiger partial charge on any atom is 0.159 e. The maximum atomic E-state index is 13.1. The van der Waals surface area contributed by atoms with Crippen molar-refractivity contribution in [3.8, 4) is 0 Å². The van der Waals surface area contributed by atoms with Gasteiger partial charge in [0.2, 0.25) is 0 Å². The van der Waals surface area contributed by atoms with Crippen molar-refractivity contribution < 1.29 is 8.78 Å². The highest BCUT2D eigenvalue weighted by molar-refractivity contribution is 5.17. The molecule has 1 aromatic carbocycles. The molecule has 0 atom stereocenters. The van der Waals surface area contributed by atoms with Crippen molar-refractivity contribution in [1.29, 1.82) is 0 Å². The van der Waals surface area contributed by atoms with Gasteiger partial charge in [-0.1, -0.05) is 19.9 Å². The van der Waals surface area contributed by atoms with Crippen LogP contribution in [0.25, 0.3) is 0 Å². The van der Waals surface area contributed by atoms with E-state index in [1.807, 2.05) is 7.05 Å². The lowest BCUT2D eigenvalue weighted by Gasteiger charge is -2.23. The molecule has 0 saturated heterocycles. The summed E-state index contributed by atoms with van der Waals surface area (Å²) in [6.45, 7) is 8.90. The molecule has 2 nitrogen and oxygen atoms in total. The molecule has 0 radical (unpaired) electrons. The minimum absolute atomic E-state index is 0.637. The van der Waals surface area contributed by atoms with Gasteiger partial charge in [0.15, 0.2) is 11.6 Å². The molecule has 0 saturated carbocycles. The van der Waals surface area contributed by atoms with Crippen LogP contribution < -0.4 is 0 Å². The lowest BCUT2D eigenvalue weighted by Crippen LogP contribution is -2.32. The summed E-state index contributed by atoms with van der Waals surface area (Å²) in [6.07, 6.45) is 0. The van der Waals surface area contributed by atoms with E-state index < -0.39 is 11.6 Å². The molecule has 0 aliphatic rings. The molecule has 0 N–H and O–H groups in total. The molecule has 1 aromatic rings. The predicted molar refractivity (Wildman–Crippen MR) is 70.5 cm³/mol. The first-order valence-corrected chi connectivity index (χ1v) is 6.41. The Labute approximate surface area is 108 Å². The third-order valence-corrected chi connectivity index (χ3v) is 3.13. The summed E-state index contributed by atoms with van der Waals surface area (Å²) < 4.78 is 25.8. The zero-order valence-corrected chi connectivity index (χ0v) is 11.4. The van der Waals surface area contributed by atoms with Crippen molar-refractivity contribution >= 4 is 0 Å². The molecule has 0 heterocycles. The number of halogens is 2. The molecule has 102 valence electrons. The van der Waals surface area contributed by atoms with Crippen molar-refractivity contribution in [2.75, 3.05) is 33.2 Å². The van der Waals surface area contributed by atoms with Crippen LogP contribution in [0.3, 0.4) is 0 Å². The van der Waals surface area contributed by atoms with Gasteiger partial charge in [-0.05, 0) is 37.8 Å². The Morgan fingerprint density at radius 1 is 1.00 bits per heavy atom. The van der Waals surface area contributed by atoms with Gasteiger partial charge < -0.3 is 9.80 Å². The van der Waals surface area contributed by atoms with Gasteiger partial charge in [0.25, 0.3) is 0 Å². The second-order valence-electron chi connectivity index (χ2n) is 4.51. The number of hydrogen-bond acceptors (Lipinski definition) is 2. The molecule has 1 rings (SSSR count). The molecule has 0 aliphatic carbocycles. The van der Waals surface area contributed by atoms with Crippen LogP contribution in [-0.2, 0) is 6.54 Å². The summed E-state index contributed by atoms with van der Waals surface area (Å²) in [5, 5.41) is 0. The van der Waals surface area contributed by atoms with Gasteiger partial charge in [0.1, 0.15) is 0 Å². The molecule has 18 heavy (non-hydrogen) atoms. The van der Waals surface area contributed by atoms with Crippen LogP contribution in [0.4, 0.5) is 8.78 Å². The summed E-state index contributed by atoms with van der Waals surface area (Å²) in [6, 6.07) is 4.08. The summed E-state index contributed by atoms with van der Waals surface area (Å²) in [5.41, 5.74) is 0.802. The van der Waals surface area contributed by atoms with Gasteiger partial charge >= 0.3 is 0 Å². The summed E-state index contributed by atoms with van der Waals surface area (Å²) in [5.74, 6) is -1.56. The average Bonchev–Trinajstić information content (AvgIpc) is 2.35. The third kappa shape index (κ3) is 4.70. The zero-order chi connectivity index (χ0) is 13.5. The topological polar surface area (TPSA) is 6.48 Å². The van der Waals surface area contributed by atoms with Crippen LogP contribution in [0, 0.1) is 11.6 Å². The van der Waals surface area contributed by atoms with Crippen molar-refractivity contribution in [3.63, 3.8) is 0 Å². The largest absolute Gasteiger partial charge is 0.303 e. The fourth-order valence-corrected chi connectivity index (χ4v) is 1.88. The van der Waals surface area contributed by atoms with E-state index >= 15 is 0 Å². The number of rotatable bonds is 7. The van der Waals surface area contributed by atoms with Crippen LogP contribution >= 0.6 is 0 Å². The number of nitrogens with zero attached hydrogens (tertiary/aromatic N) is 2. The van der Waals surface area contributed by atoms with E-state index in [0.29, 0.717) is 6.54 Å². The monoisotopic (exact) mass is 256 g/mol. The zero-order valence-electron chi connectivity index (χ0n) is 11.4. The van der Waals surface area contributed by atoms with Crippen LogP contribution in [0.5, 0.6) is 0 Å². The first-order chi connectivity index (χ1) is 8.56. The Hall–Kier alpha value is -1.00. The highest BCUT2D eigenvalue weighted by Gasteiger charge is 2.06. The highest BCUT2D eigenvalue weighted by atomic mass is 19.2. The normalized spacial score (nSPS) is 11.5. The first kappa shape index (κ1) is 15.1. The summed E-state index contributed by atoms with van der Waals surface area (Å²) >= 11 is 0. The Morgan fingerprint density at radius 2 is 1.67 bits per heavy atom. The van der Waals surface area contributed by atoms with Gasteiger partial charge in [0, 0.05) is 19.6 Å². The van der Waals surface area contributed by atoms with Crippen LogP contribution in [0.15, 0.2) is 18.2 Å². The lowest BCUT2D eigenvalue weighted by molar-refractivity contribution is 0.236. The molecular weight excluding hydrogens is 234 g/mol. The predicted octanol–water partition coefficient (Wildman–Crippen LogP) is 2.74.